The minimum Gasteiger partial charge on any atom is -0.393 e. The summed E-state index contributed by atoms with van der Waals surface area (Å²) in [5, 5.41) is 0. The topological polar surface area (TPSA) is 69.1 Å². The second-order valence-corrected chi connectivity index (χ2v) is 2.24. The van der Waals surface area contributed by atoms with Gasteiger partial charge in [-0.1, -0.05) is 19.1 Å². The first kappa shape index (κ1) is 8.36. The smallest absolute Gasteiger partial charge is 0.227 e. The lowest BCUT2D eigenvalue weighted by molar-refractivity contribution is -0.119. The lowest BCUT2D eigenvalue weighted by Gasteiger charge is -2.06. The van der Waals surface area contributed by atoms with E-state index in [1.165, 1.54) is 0 Å². The molecule has 0 fully saturated rings. The molecule has 52 valence electrons. The van der Waals surface area contributed by atoms with E-state index in [2.05, 4.69) is 12.2 Å². The number of hydrogen-bond acceptors (Lipinski definition) is 2. The molecule has 0 aromatic heterocycles. The van der Waals surface area contributed by atoms with Crippen molar-refractivity contribution in [3.05, 3.63) is 0 Å². The van der Waals surface area contributed by atoms with Crippen LogP contribution in [-0.4, -0.2) is 10.9 Å². The summed E-state index contributed by atoms with van der Waals surface area (Å²) in [7, 11) is 0. The van der Waals surface area contributed by atoms with Gasteiger partial charge in [0.2, 0.25) is 5.91 Å². The van der Waals surface area contributed by atoms with Gasteiger partial charge in [-0.3, -0.25) is 4.79 Å². The fourth-order valence-corrected chi connectivity index (χ4v) is 0.825. The fraction of sp³-hybridized carbons (Fsp3) is 0.600. The summed E-state index contributed by atoms with van der Waals surface area (Å²) in [6, 6.07) is 0. The third-order valence-electron chi connectivity index (χ3n) is 1.10. The van der Waals surface area contributed by atoms with Crippen LogP contribution >= 0.6 is 12.2 Å². The molecule has 0 aliphatic rings. The Kier molecular flexibility index (Phi) is 3.16. The molecule has 0 rings (SSSR count). The predicted octanol–water partition coefficient (Wildman–Crippen LogP) is -0.216. The third kappa shape index (κ3) is 2.41. The zero-order chi connectivity index (χ0) is 7.44. The fourth-order valence-electron chi connectivity index (χ4n) is 0.543. The highest BCUT2D eigenvalue weighted by atomic mass is 32.1. The van der Waals surface area contributed by atoms with E-state index in [0.717, 1.165) is 0 Å². The number of hydrogen-bond donors (Lipinski definition) is 2. The number of primary amides is 1. The lowest BCUT2D eigenvalue weighted by Crippen LogP contribution is -2.33. The highest BCUT2D eigenvalue weighted by molar-refractivity contribution is 7.80. The Bertz CT molecular complexity index is 121. The molecule has 0 heterocycles. The van der Waals surface area contributed by atoms with Crippen molar-refractivity contribution < 1.29 is 4.79 Å². The zero-order valence-corrected chi connectivity index (χ0v) is 6.07. The summed E-state index contributed by atoms with van der Waals surface area (Å²) < 4.78 is 0. The molecule has 1 atom stereocenters. The van der Waals surface area contributed by atoms with E-state index in [1.54, 1.807) is 0 Å². The molecular formula is C5H10N2OS. The van der Waals surface area contributed by atoms with Gasteiger partial charge in [0.1, 0.15) is 0 Å². The van der Waals surface area contributed by atoms with Crippen LogP contribution in [-0.2, 0) is 4.79 Å². The number of carbonyl (C=O) groups excluding carboxylic acids is 1. The van der Waals surface area contributed by atoms with Crippen molar-refractivity contribution in [3.63, 3.8) is 0 Å². The van der Waals surface area contributed by atoms with Crippen molar-refractivity contribution in [2.45, 2.75) is 13.3 Å². The molecule has 9 heavy (non-hydrogen) atoms. The van der Waals surface area contributed by atoms with Crippen molar-refractivity contribution in [1.29, 1.82) is 0 Å². The average molecular weight is 146 g/mol. The first-order valence-electron chi connectivity index (χ1n) is 2.68. The molecule has 0 aliphatic carbocycles. The maximum Gasteiger partial charge on any atom is 0.227 e. The first-order valence-corrected chi connectivity index (χ1v) is 3.09. The van der Waals surface area contributed by atoms with E-state index in [1.807, 2.05) is 6.92 Å². The molecule has 1 unspecified atom stereocenters. The molecule has 0 bridgehead atoms. The predicted molar refractivity (Wildman–Crippen MR) is 39.8 cm³/mol. The van der Waals surface area contributed by atoms with Crippen molar-refractivity contribution in [1.82, 2.24) is 0 Å². The SMILES string of the molecule is CCC(C(N)=O)C(N)=S. The van der Waals surface area contributed by atoms with Gasteiger partial charge in [-0.05, 0) is 6.42 Å². The van der Waals surface area contributed by atoms with Crippen LogP contribution < -0.4 is 11.5 Å². The number of nitrogens with two attached hydrogens (primary N) is 2. The van der Waals surface area contributed by atoms with Gasteiger partial charge in [0.25, 0.3) is 0 Å². The Morgan fingerprint density at radius 1 is 1.67 bits per heavy atom. The van der Waals surface area contributed by atoms with Crippen LogP contribution in [0.5, 0.6) is 0 Å². The van der Waals surface area contributed by atoms with Crippen LogP contribution in [0.2, 0.25) is 0 Å². The summed E-state index contributed by atoms with van der Waals surface area (Å²) in [5.41, 5.74) is 10.1. The molecule has 4 N–H and O–H groups in total. The molecule has 0 radical (unpaired) electrons. The normalized spacial score (nSPS) is 12.6. The third-order valence-corrected chi connectivity index (χ3v) is 1.38. The van der Waals surface area contributed by atoms with Crippen LogP contribution in [0.1, 0.15) is 13.3 Å². The van der Waals surface area contributed by atoms with Gasteiger partial charge in [-0.15, -0.1) is 0 Å². The van der Waals surface area contributed by atoms with Gasteiger partial charge in [0.05, 0.1) is 10.9 Å². The van der Waals surface area contributed by atoms with Crippen LogP contribution in [0, 0.1) is 5.92 Å². The van der Waals surface area contributed by atoms with Crippen LogP contribution in [0.25, 0.3) is 0 Å². The largest absolute Gasteiger partial charge is 0.393 e. The van der Waals surface area contributed by atoms with E-state index in [-0.39, 0.29) is 4.99 Å². The van der Waals surface area contributed by atoms with E-state index < -0.39 is 11.8 Å². The summed E-state index contributed by atoms with van der Waals surface area (Å²) in [5.74, 6) is -0.870. The summed E-state index contributed by atoms with van der Waals surface area (Å²) in [6.45, 7) is 1.81. The summed E-state index contributed by atoms with van der Waals surface area (Å²) in [4.78, 5) is 10.6. The van der Waals surface area contributed by atoms with Gasteiger partial charge in [0.15, 0.2) is 0 Å². The van der Waals surface area contributed by atoms with E-state index in [4.69, 9.17) is 11.5 Å². The van der Waals surface area contributed by atoms with Gasteiger partial charge in [-0.2, -0.15) is 0 Å². The van der Waals surface area contributed by atoms with Crippen LogP contribution in [0.3, 0.4) is 0 Å². The highest BCUT2D eigenvalue weighted by Gasteiger charge is 2.14. The van der Waals surface area contributed by atoms with Crippen LogP contribution in [0.15, 0.2) is 0 Å². The zero-order valence-electron chi connectivity index (χ0n) is 5.26. The molecule has 0 aromatic carbocycles. The van der Waals surface area contributed by atoms with E-state index >= 15 is 0 Å². The summed E-state index contributed by atoms with van der Waals surface area (Å²) >= 11 is 4.57. The quantitative estimate of drug-likeness (QED) is 0.541. The number of amides is 1. The Balaban J connectivity index is 3.99. The van der Waals surface area contributed by atoms with Crippen molar-refractivity contribution in [2.24, 2.45) is 17.4 Å². The Morgan fingerprint density at radius 3 is 2.11 bits per heavy atom. The molecule has 4 heteroatoms. The molecule has 1 amide bonds. The Labute approximate surface area is 59.4 Å². The Morgan fingerprint density at radius 2 is 2.11 bits per heavy atom. The second-order valence-electron chi connectivity index (χ2n) is 1.77. The standard InChI is InChI=1S/C5H10N2OS/c1-2-3(4(6)8)5(7)9/h3H,2H2,1H3,(H2,6,8)(H2,7,9). The number of thiocarbonyl (C=S) groups is 1. The average Bonchev–Trinajstić information content (AvgIpc) is 1.64. The van der Waals surface area contributed by atoms with Crippen molar-refractivity contribution in [2.75, 3.05) is 0 Å². The van der Waals surface area contributed by atoms with E-state index in [0.29, 0.717) is 6.42 Å². The maximum atomic E-state index is 10.4. The van der Waals surface area contributed by atoms with Crippen LogP contribution in [0.4, 0.5) is 0 Å². The van der Waals surface area contributed by atoms with Gasteiger partial charge < -0.3 is 11.5 Å². The van der Waals surface area contributed by atoms with Crippen molar-refractivity contribution >= 4 is 23.1 Å². The number of carbonyl (C=O) groups is 1. The lowest BCUT2D eigenvalue weighted by atomic mass is 10.1. The highest BCUT2D eigenvalue weighted by Crippen LogP contribution is 2.00. The minimum atomic E-state index is -0.440. The van der Waals surface area contributed by atoms with Crippen molar-refractivity contribution in [3.8, 4) is 0 Å². The Hall–Kier alpha value is -0.640. The van der Waals surface area contributed by atoms with Gasteiger partial charge in [0, 0.05) is 0 Å². The molecule has 0 saturated heterocycles. The second kappa shape index (κ2) is 3.40. The monoisotopic (exact) mass is 146 g/mol. The number of rotatable bonds is 3. The molecule has 0 spiro atoms. The molecule has 0 aromatic rings. The molecule has 3 nitrogen and oxygen atoms in total. The maximum absolute atomic E-state index is 10.4. The van der Waals surface area contributed by atoms with Gasteiger partial charge in [-0.25, -0.2) is 0 Å². The molecular weight excluding hydrogens is 136 g/mol. The van der Waals surface area contributed by atoms with E-state index in [9.17, 15) is 4.79 Å². The minimum absolute atomic E-state index is 0.185. The summed E-state index contributed by atoms with van der Waals surface area (Å²) in [6.07, 6.45) is 0.588. The molecule has 0 aliphatic heterocycles. The van der Waals surface area contributed by atoms with Gasteiger partial charge >= 0.3 is 0 Å². The molecule has 0 saturated carbocycles. The first-order chi connectivity index (χ1) is 4.09.